The number of amides is 1. The molecule has 0 saturated carbocycles. The second kappa shape index (κ2) is 6.91. The van der Waals surface area contributed by atoms with Crippen LogP contribution in [0.3, 0.4) is 0 Å². The molecular weight excluding hydrogens is 266 g/mol. The number of hydrogen-bond acceptors (Lipinski definition) is 4. The lowest BCUT2D eigenvalue weighted by Gasteiger charge is -2.34. The lowest BCUT2D eigenvalue weighted by molar-refractivity contribution is -0.121. The van der Waals surface area contributed by atoms with Gasteiger partial charge in [-0.25, -0.2) is 0 Å². The molecule has 3 N–H and O–H groups in total. The van der Waals surface area contributed by atoms with E-state index in [4.69, 9.17) is 10.5 Å². The van der Waals surface area contributed by atoms with E-state index in [0.717, 1.165) is 37.3 Å². The highest BCUT2D eigenvalue weighted by Gasteiger charge is 2.26. The van der Waals surface area contributed by atoms with Crippen molar-refractivity contribution in [3.63, 3.8) is 0 Å². The largest absolute Gasteiger partial charge is 0.398 e. The van der Waals surface area contributed by atoms with Crippen LogP contribution >= 0.6 is 0 Å². The van der Waals surface area contributed by atoms with Crippen molar-refractivity contribution in [1.82, 2.24) is 4.90 Å². The summed E-state index contributed by atoms with van der Waals surface area (Å²) in [6.07, 6.45) is 1.96. The van der Waals surface area contributed by atoms with Crippen molar-refractivity contribution in [3.8, 4) is 0 Å². The Hall–Kier alpha value is -1.59. The smallest absolute Gasteiger partial charge is 0.241 e. The molecule has 0 spiro atoms. The van der Waals surface area contributed by atoms with Gasteiger partial charge in [-0.3, -0.25) is 9.69 Å². The van der Waals surface area contributed by atoms with Crippen LogP contribution in [0.1, 0.15) is 25.3 Å². The third-order valence-electron chi connectivity index (χ3n) is 4.39. The van der Waals surface area contributed by atoms with Crippen LogP contribution in [0.5, 0.6) is 0 Å². The van der Waals surface area contributed by atoms with E-state index in [1.807, 2.05) is 39.1 Å². The van der Waals surface area contributed by atoms with Crippen LogP contribution in [-0.2, 0) is 9.53 Å². The molecule has 116 valence electrons. The fraction of sp³-hybridized carbons (Fsp3) is 0.562. The summed E-state index contributed by atoms with van der Waals surface area (Å²) < 4.78 is 5.37. The molecule has 0 bridgehead atoms. The maximum atomic E-state index is 12.4. The van der Waals surface area contributed by atoms with Crippen molar-refractivity contribution < 1.29 is 9.53 Å². The number of rotatable bonds is 4. The summed E-state index contributed by atoms with van der Waals surface area (Å²) >= 11 is 0. The molecule has 5 nitrogen and oxygen atoms in total. The second-order valence-electron chi connectivity index (χ2n) is 5.69. The fourth-order valence-electron chi connectivity index (χ4n) is 2.62. The molecular formula is C16H25N3O2. The van der Waals surface area contributed by atoms with Crippen molar-refractivity contribution in [1.29, 1.82) is 0 Å². The minimum Gasteiger partial charge on any atom is -0.398 e. The average molecular weight is 291 g/mol. The Kier molecular flexibility index (Phi) is 5.20. The van der Waals surface area contributed by atoms with E-state index in [1.54, 1.807) is 0 Å². The molecule has 0 aliphatic carbocycles. The van der Waals surface area contributed by atoms with Crippen LogP contribution in [0.2, 0.25) is 0 Å². The van der Waals surface area contributed by atoms with E-state index in [0.29, 0.717) is 11.7 Å². The summed E-state index contributed by atoms with van der Waals surface area (Å²) in [7, 11) is 2.01. The van der Waals surface area contributed by atoms with Crippen molar-refractivity contribution in [2.45, 2.75) is 38.8 Å². The molecule has 0 radical (unpaired) electrons. The summed E-state index contributed by atoms with van der Waals surface area (Å²) in [5.41, 5.74) is 8.26. The zero-order valence-electron chi connectivity index (χ0n) is 13.1. The first-order chi connectivity index (χ1) is 10.0. The van der Waals surface area contributed by atoms with Gasteiger partial charge in [-0.2, -0.15) is 0 Å². The molecule has 1 saturated heterocycles. The minimum absolute atomic E-state index is 0.00214. The lowest BCUT2D eigenvalue weighted by Crippen LogP contribution is -2.47. The molecule has 1 aliphatic rings. The Morgan fingerprint density at radius 1 is 1.43 bits per heavy atom. The quantitative estimate of drug-likeness (QED) is 0.833. The molecule has 1 amide bonds. The van der Waals surface area contributed by atoms with Crippen LogP contribution in [0.4, 0.5) is 11.4 Å². The number of hydrogen-bond donors (Lipinski definition) is 2. The van der Waals surface area contributed by atoms with E-state index < -0.39 is 0 Å². The molecule has 1 aromatic carbocycles. The molecule has 1 fully saturated rings. The zero-order chi connectivity index (χ0) is 15.4. The average Bonchev–Trinajstić information content (AvgIpc) is 2.51. The van der Waals surface area contributed by atoms with Gasteiger partial charge in [-0.15, -0.1) is 0 Å². The Morgan fingerprint density at radius 3 is 2.76 bits per heavy atom. The Labute approximate surface area is 126 Å². The maximum absolute atomic E-state index is 12.4. The predicted molar refractivity (Wildman–Crippen MR) is 85.3 cm³/mol. The molecule has 1 aromatic rings. The van der Waals surface area contributed by atoms with Crippen LogP contribution in [0.15, 0.2) is 18.2 Å². The predicted octanol–water partition coefficient (Wildman–Crippen LogP) is 2.02. The lowest BCUT2D eigenvalue weighted by atomic mass is 10.1. The van der Waals surface area contributed by atoms with Gasteiger partial charge in [-0.05, 0) is 51.4 Å². The molecule has 1 aliphatic heterocycles. The van der Waals surface area contributed by atoms with Gasteiger partial charge in [0, 0.05) is 30.6 Å². The monoisotopic (exact) mass is 291 g/mol. The number of carbonyl (C=O) groups excluding carboxylic acids is 1. The van der Waals surface area contributed by atoms with Gasteiger partial charge in [-0.1, -0.05) is 6.07 Å². The number of nitrogens with one attached hydrogen (secondary N) is 1. The Morgan fingerprint density at radius 2 is 2.10 bits per heavy atom. The van der Waals surface area contributed by atoms with E-state index >= 15 is 0 Å². The summed E-state index contributed by atoms with van der Waals surface area (Å²) in [6, 6.07) is 5.79. The normalized spacial score (nSPS) is 17.7. The maximum Gasteiger partial charge on any atom is 0.241 e. The molecule has 1 unspecified atom stereocenters. The Balaban J connectivity index is 2.00. The summed E-state index contributed by atoms with van der Waals surface area (Å²) in [6.45, 7) is 5.40. The number of carbonyl (C=O) groups is 1. The summed E-state index contributed by atoms with van der Waals surface area (Å²) in [5, 5.41) is 2.98. The number of ether oxygens (including phenoxy) is 1. The molecule has 1 atom stereocenters. The van der Waals surface area contributed by atoms with E-state index in [9.17, 15) is 4.79 Å². The molecule has 0 aromatic heterocycles. The minimum atomic E-state index is -0.186. The number of likely N-dealkylation sites (N-methyl/N-ethyl adjacent to an activating group) is 1. The number of nitrogens with two attached hydrogens (primary N) is 1. The number of anilines is 2. The third-order valence-corrected chi connectivity index (χ3v) is 4.39. The molecule has 2 rings (SSSR count). The van der Waals surface area contributed by atoms with Gasteiger partial charge in [0.25, 0.3) is 0 Å². The standard InChI is InChI=1S/C16H25N3O2/c1-11-14(17)5-4-6-15(11)18-16(20)12(2)19(3)13-7-9-21-10-8-13/h4-6,12-13H,7-10,17H2,1-3H3,(H,18,20). The van der Waals surface area contributed by atoms with Crippen molar-refractivity contribution in [2.75, 3.05) is 31.3 Å². The van der Waals surface area contributed by atoms with Crippen LogP contribution in [-0.4, -0.2) is 43.2 Å². The van der Waals surface area contributed by atoms with Gasteiger partial charge in [0.15, 0.2) is 0 Å². The first-order valence-electron chi connectivity index (χ1n) is 7.46. The zero-order valence-corrected chi connectivity index (χ0v) is 13.1. The van der Waals surface area contributed by atoms with Gasteiger partial charge in [0.1, 0.15) is 0 Å². The van der Waals surface area contributed by atoms with E-state index in [-0.39, 0.29) is 11.9 Å². The second-order valence-corrected chi connectivity index (χ2v) is 5.69. The summed E-state index contributed by atoms with van der Waals surface area (Å²) in [5.74, 6) is -0.00214. The van der Waals surface area contributed by atoms with Gasteiger partial charge in [0.2, 0.25) is 5.91 Å². The first-order valence-corrected chi connectivity index (χ1v) is 7.46. The number of benzene rings is 1. The topological polar surface area (TPSA) is 67.6 Å². The SMILES string of the molecule is Cc1c(N)cccc1NC(=O)C(C)N(C)C1CCOCC1. The first kappa shape index (κ1) is 15.8. The van der Waals surface area contributed by atoms with E-state index in [1.165, 1.54) is 0 Å². The van der Waals surface area contributed by atoms with E-state index in [2.05, 4.69) is 10.2 Å². The highest BCUT2D eigenvalue weighted by atomic mass is 16.5. The van der Waals surface area contributed by atoms with Gasteiger partial charge < -0.3 is 15.8 Å². The molecule has 21 heavy (non-hydrogen) atoms. The number of nitrogens with zero attached hydrogens (tertiary/aromatic N) is 1. The molecule has 5 heteroatoms. The highest BCUT2D eigenvalue weighted by Crippen LogP contribution is 2.21. The van der Waals surface area contributed by atoms with Crippen molar-refractivity contribution in [3.05, 3.63) is 23.8 Å². The van der Waals surface area contributed by atoms with Gasteiger partial charge >= 0.3 is 0 Å². The summed E-state index contributed by atoms with van der Waals surface area (Å²) in [4.78, 5) is 14.6. The van der Waals surface area contributed by atoms with Gasteiger partial charge in [0.05, 0.1) is 6.04 Å². The molecule has 1 heterocycles. The van der Waals surface area contributed by atoms with Crippen LogP contribution in [0.25, 0.3) is 0 Å². The van der Waals surface area contributed by atoms with Crippen LogP contribution in [0, 0.1) is 6.92 Å². The van der Waals surface area contributed by atoms with Crippen molar-refractivity contribution >= 4 is 17.3 Å². The van der Waals surface area contributed by atoms with Crippen LogP contribution < -0.4 is 11.1 Å². The Bertz CT molecular complexity index is 498. The fourth-order valence-corrected chi connectivity index (χ4v) is 2.62. The van der Waals surface area contributed by atoms with Crippen molar-refractivity contribution in [2.24, 2.45) is 0 Å². The highest BCUT2D eigenvalue weighted by molar-refractivity contribution is 5.95. The number of nitrogen functional groups attached to an aromatic ring is 1. The third kappa shape index (κ3) is 3.74.